The van der Waals surface area contributed by atoms with Crippen LogP contribution in [0, 0.1) is 0 Å². The lowest BCUT2D eigenvalue weighted by molar-refractivity contribution is 0.0241. The highest BCUT2D eigenvalue weighted by molar-refractivity contribution is 7.85. The largest absolute Gasteiger partial charge is 0.444 e. The molecular weight excluding hydrogens is 290 g/mol. The fourth-order valence-corrected chi connectivity index (χ4v) is 3.46. The third-order valence-electron chi connectivity index (χ3n) is 3.12. The molecule has 7 heteroatoms. The summed E-state index contributed by atoms with van der Waals surface area (Å²) in [4.78, 5) is 21.8. The molecule has 0 spiro atoms. The van der Waals surface area contributed by atoms with E-state index in [0.717, 1.165) is 12.8 Å². The van der Waals surface area contributed by atoms with E-state index in [1.54, 1.807) is 11.1 Å². The maximum absolute atomic E-state index is 12.3. The molecule has 2 atom stereocenters. The van der Waals surface area contributed by atoms with Crippen molar-refractivity contribution >= 4 is 16.9 Å². The number of likely N-dealkylation sites (tertiary alicyclic amines) is 1. The molecule has 116 valence electrons. The van der Waals surface area contributed by atoms with Crippen LogP contribution < -0.4 is 0 Å². The van der Waals surface area contributed by atoms with Crippen molar-refractivity contribution in [1.29, 1.82) is 0 Å². The van der Waals surface area contributed by atoms with Gasteiger partial charge in [0.2, 0.25) is 0 Å². The summed E-state index contributed by atoms with van der Waals surface area (Å²) in [6, 6.07) is -0.0670. The van der Waals surface area contributed by atoms with Crippen molar-refractivity contribution in [3.05, 3.63) is 18.6 Å². The monoisotopic (exact) mass is 311 g/mol. The Labute approximate surface area is 127 Å². The van der Waals surface area contributed by atoms with Gasteiger partial charge < -0.3 is 9.64 Å². The van der Waals surface area contributed by atoms with Crippen LogP contribution in [0.15, 0.2) is 23.6 Å². The van der Waals surface area contributed by atoms with E-state index in [2.05, 4.69) is 9.97 Å². The van der Waals surface area contributed by atoms with Crippen LogP contribution in [-0.4, -0.2) is 49.1 Å². The summed E-state index contributed by atoms with van der Waals surface area (Å²) in [5.74, 6) is 0.373. The quantitative estimate of drug-likeness (QED) is 0.853. The van der Waals surface area contributed by atoms with Crippen molar-refractivity contribution in [3.63, 3.8) is 0 Å². The van der Waals surface area contributed by atoms with Crippen LogP contribution in [0.3, 0.4) is 0 Å². The van der Waals surface area contributed by atoms with Crippen molar-refractivity contribution in [2.24, 2.45) is 0 Å². The smallest absolute Gasteiger partial charge is 0.410 e. The minimum Gasteiger partial charge on any atom is -0.444 e. The number of carbonyl (C=O) groups excluding carboxylic acids is 1. The van der Waals surface area contributed by atoms with Crippen molar-refractivity contribution in [2.75, 3.05) is 12.3 Å². The normalized spacial score (nSPS) is 20.3. The van der Waals surface area contributed by atoms with Crippen LogP contribution >= 0.6 is 0 Å². The molecule has 2 rings (SSSR count). The number of rotatable bonds is 3. The molecule has 2 heterocycles. The highest BCUT2D eigenvalue weighted by Gasteiger charge is 2.33. The zero-order valence-corrected chi connectivity index (χ0v) is 13.4. The molecular formula is C14H21N3O3S. The number of hydrogen-bond donors (Lipinski definition) is 0. The van der Waals surface area contributed by atoms with E-state index in [1.807, 2.05) is 20.8 Å². The number of carbonyl (C=O) groups is 1. The van der Waals surface area contributed by atoms with Crippen LogP contribution in [0.4, 0.5) is 4.79 Å². The predicted molar refractivity (Wildman–Crippen MR) is 79.3 cm³/mol. The van der Waals surface area contributed by atoms with E-state index >= 15 is 0 Å². The van der Waals surface area contributed by atoms with Gasteiger partial charge in [-0.15, -0.1) is 0 Å². The highest BCUT2D eigenvalue weighted by atomic mass is 32.2. The van der Waals surface area contributed by atoms with Crippen LogP contribution in [0.1, 0.15) is 33.6 Å². The van der Waals surface area contributed by atoms with Gasteiger partial charge in [-0.1, -0.05) is 0 Å². The molecule has 2 unspecified atom stereocenters. The van der Waals surface area contributed by atoms with Gasteiger partial charge in [-0.3, -0.25) is 9.19 Å². The zero-order valence-electron chi connectivity index (χ0n) is 12.6. The summed E-state index contributed by atoms with van der Waals surface area (Å²) < 4.78 is 17.7. The number of aromatic nitrogens is 2. The Hall–Kier alpha value is -1.50. The van der Waals surface area contributed by atoms with Gasteiger partial charge >= 0.3 is 6.09 Å². The molecule has 21 heavy (non-hydrogen) atoms. The van der Waals surface area contributed by atoms with Crippen molar-refractivity contribution in [2.45, 2.75) is 50.3 Å². The molecule has 0 N–H and O–H groups in total. The Morgan fingerprint density at radius 3 is 2.86 bits per heavy atom. The van der Waals surface area contributed by atoms with E-state index in [9.17, 15) is 9.00 Å². The molecule has 0 bridgehead atoms. The molecule has 1 aliphatic heterocycles. The van der Waals surface area contributed by atoms with E-state index < -0.39 is 16.4 Å². The van der Waals surface area contributed by atoms with Gasteiger partial charge in [0.25, 0.3) is 0 Å². The third kappa shape index (κ3) is 4.49. The Morgan fingerprint density at radius 2 is 2.24 bits per heavy atom. The van der Waals surface area contributed by atoms with Gasteiger partial charge in [-0.05, 0) is 33.6 Å². The second-order valence-electron chi connectivity index (χ2n) is 6.03. The standard InChI is InChI=1S/C14H21N3O3S/c1-14(2,3)20-13(18)17-8-4-5-11(17)10-21(19)12-9-15-6-7-16-12/h6-7,9,11H,4-5,8,10H2,1-3H3. The fraction of sp³-hybridized carbons (Fsp3) is 0.643. The number of hydrogen-bond acceptors (Lipinski definition) is 5. The molecule has 0 saturated carbocycles. The van der Waals surface area contributed by atoms with Crippen LogP contribution in [0.2, 0.25) is 0 Å². The first-order chi connectivity index (χ1) is 9.87. The molecule has 1 amide bonds. The zero-order chi connectivity index (χ0) is 15.5. The first-order valence-electron chi connectivity index (χ1n) is 7.01. The van der Waals surface area contributed by atoms with Crippen LogP contribution in [0.25, 0.3) is 0 Å². The number of amides is 1. The first-order valence-corrected chi connectivity index (χ1v) is 8.33. The maximum atomic E-state index is 12.3. The molecule has 1 aromatic heterocycles. The molecule has 0 aromatic carbocycles. The summed E-state index contributed by atoms with van der Waals surface area (Å²) in [5.41, 5.74) is -0.520. The van der Waals surface area contributed by atoms with E-state index in [4.69, 9.17) is 4.74 Å². The average Bonchev–Trinajstić information content (AvgIpc) is 2.86. The Bertz CT molecular complexity index is 516. The van der Waals surface area contributed by atoms with Gasteiger partial charge in [0, 0.05) is 25.0 Å². The van der Waals surface area contributed by atoms with Gasteiger partial charge in [0.05, 0.1) is 22.7 Å². The second kappa shape index (κ2) is 6.51. The maximum Gasteiger partial charge on any atom is 0.410 e. The summed E-state index contributed by atoms with van der Waals surface area (Å²) in [6.45, 7) is 6.17. The lowest BCUT2D eigenvalue weighted by Gasteiger charge is -2.28. The number of nitrogens with zero attached hydrogens (tertiary/aromatic N) is 3. The van der Waals surface area contributed by atoms with Gasteiger partial charge in [0.15, 0.2) is 0 Å². The molecule has 1 fully saturated rings. The van der Waals surface area contributed by atoms with Crippen LogP contribution in [0.5, 0.6) is 0 Å². The minimum absolute atomic E-state index is 0.0670. The minimum atomic E-state index is -1.26. The van der Waals surface area contributed by atoms with E-state index in [1.165, 1.54) is 12.4 Å². The Kier molecular flexibility index (Phi) is 4.92. The molecule has 0 radical (unpaired) electrons. The van der Waals surface area contributed by atoms with Crippen LogP contribution in [-0.2, 0) is 15.5 Å². The molecule has 1 aliphatic rings. The lowest BCUT2D eigenvalue weighted by atomic mass is 10.2. The Balaban J connectivity index is 1.99. The highest BCUT2D eigenvalue weighted by Crippen LogP contribution is 2.22. The van der Waals surface area contributed by atoms with Gasteiger partial charge in [-0.2, -0.15) is 0 Å². The molecule has 1 saturated heterocycles. The van der Waals surface area contributed by atoms with E-state index in [0.29, 0.717) is 17.3 Å². The molecule has 0 aliphatic carbocycles. The van der Waals surface area contributed by atoms with Crippen molar-refractivity contribution in [3.8, 4) is 0 Å². The summed E-state index contributed by atoms with van der Waals surface area (Å²) in [5, 5.41) is 0.452. The Morgan fingerprint density at radius 1 is 1.48 bits per heavy atom. The second-order valence-corrected chi connectivity index (χ2v) is 7.47. The van der Waals surface area contributed by atoms with Gasteiger partial charge in [0.1, 0.15) is 10.6 Å². The predicted octanol–water partition coefficient (Wildman–Crippen LogP) is 1.98. The summed E-state index contributed by atoms with van der Waals surface area (Å²) in [6.07, 6.45) is 5.98. The summed E-state index contributed by atoms with van der Waals surface area (Å²) >= 11 is 0. The topological polar surface area (TPSA) is 72.4 Å². The SMILES string of the molecule is CC(C)(C)OC(=O)N1CCCC1CS(=O)c1cnccn1. The summed E-state index contributed by atoms with van der Waals surface area (Å²) in [7, 11) is -1.26. The van der Waals surface area contributed by atoms with E-state index in [-0.39, 0.29) is 12.1 Å². The average molecular weight is 311 g/mol. The van der Waals surface area contributed by atoms with Crippen molar-refractivity contribution in [1.82, 2.24) is 14.9 Å². The fourth-order valence-electron chi connectivity index (χ4n) is 2.23. The first kappa shape index (κ1) is 15.9. The molecule has 1 aromatic rings. The third-order valence-corrected chi connectivity index (χ3v) is 4.49. The van der Waals surface area contributed by atoms with Crippen molar-refractivity contribution < 1.29 is 13.7 Å². The lowest BCUT2D eigenvalue weighted by Crippen LogP contribution is -2.42. The number of ether oxygens (including phenoxy) is 1. The van der Waals surface area contributed by atoms with Gasteiger partial charge in [-0.25, -0.2) is 9.78 Å². The molecule has 6 nitrogen and oxygen atoms in total.